The lowest BCUT2D eigenvalue weighted by atomic mass is 9.95. The van der Waals surface area contributed by atoms with E-state index in [9.17, 15) is 18.4 Å². The van der Waals surface area contributed by atoms with Crippen molar-refractivity contribution in [2.24, 2.45) is 5.92 Å². The molecule has 0 unspecified atom stereocenters. The number of nitrogens with zero attached hydrogens (tertiary/aromatic N) is 1. The number of benzene rings is 1. The van der Waals surface area contributed by atoms with Gasteiger partial charge in [0.05, 0.1) is 0 Å². The minimum absolute atomic E-state index is 0.0187. The number of carbonyl (C=O) groups excluding carboxylic acids is 2. The Labute approximate surface area is 152 Å². The number of piperidine rings is 1. The summed E-state index contributed by atoms with van der Waals surface area (Å²) in [5.41, 5.74) is 0.937. The fourth-order valence-corrected chi connectivity index (χ4v) is 3.07. The van der Waals surface area contributed by atoms with Gasteiger partial charge in [0.25, 0.3) is 0 Å². The van der Waals surface area contributed by atoms with Gasteiger partial charge in [0.15, 0.2) is 0 Å². The topological polar surface area (TPSA) is 58.6 Å². The third kappa shape index (κ3) is 6.28. The molecule has 0 aromatic heterocycles. The zero-order valence-corrected chi connectivity index (χ0v) is 15.0. The molecule has 0 spiro atoms. The van der Waals surface area contributed by atoms with Gasteiger partial charge < -0.3 is 15.0 Å². The fraction of sp³-hybridized carbons (Fsp3) is 0.579. The van der Waals surface area contributed by atoms with Crippen molar-refractivity contribution in [3.8, 4) is 5.75 Å². The van der Waals surface area contributed by atoms with Gasteiger partial charge >= 0.3 is 6.61 Å². The van der Waals surface area contributed by atoms with Crippen molar-refractivity contribution < 1.29 is 23.1 Å². The van der Waals surface area contributed by atoms with Crippen LogP contribution in [0.25, 0.3) is 0 Å². The quantitative estimate of drug-likeness (QED) is 0.767. The molecule has 0 bridgehead atoms. The van der Waals surface area contributed by atoms with E-state index in [0.717, 1.165) is 12.0 Å². The number of rotatable bonds is 8. The van der Waals surface area contributed by atoms with Gasteiger partial charge in [-0.2, -0.15) is 8.78 Å². The molecule has 5 nitrogen and oxygen atoms in total. The second-order valence-corrected chi connectivity index (χ2v) is 6.47. The lowest BCUT2D eigenvalue weighted by molar-refractivity contribution is -0.135. The van der Waals surface area contributed by atoms with E-state index in [4.69, 9.17) is 0 Å². The highest BCUT2D eigenvalue weighted by Gasteiger charge is 2.26. The fourth-order valence-electron chi connectivity index (χ4n) is 3.07. The Morgan fingerprint density at radius 3 is 2.46 bits per heavy atom. The molecule has 0 radical (unpaired) electrons. The van der Waals surface area contributed by atoms with Crippen LogP contribution in [-0.4, -0.2) is 43.0 Å². The van der Waals surface area contributed by atoms with Crippen LogP contribution in [-0.2, 0) is 16.0 Å². The van der Waals surface area contributed by atoms with Gasteiger partial charge in [0.2, 0.25) is 11.8 Å². The van der Waals surface area contributed by atoms with Crippen molar-refractivity contribution in [2.75, 3.05) is 19.6 Å². The van der Waals surface area contributed by atoms with Gasteiger partial charge in [-0.1, -0.05) is 19.1 Å². The maximum absolute atomic E-state index is 12.2. The molecule has 2 amide bonds. The van der Waals surface area contributed by atoms with E-state index in [1.54, 1.807) is 12.1 Å². The number of carbonyl (C=O) groups is 2. The molecule has 0 aliphatic carbocycles. The number of halogens is 2. The van der Waals surface area contributed by atoms with Gasteiger partial charge in [0.1, 0.15) is 5.75 Å². The third-order valence-electron chi connectivity index (χ3n) is 4.54. The molecular formula is C19H26F2N2O3. The van der Waals surface area contributed by atoms with Crippen molar-refractivity contribution in [1.29, 1.82) is 0 Å². The highest BCUT2D eigenvalue weighted by molar-refractivity contribution is 5.80. The average molecular weight is 368 g/mol. The van der Waals surface area contributed by atoms with Gasteiger partial charge in [-0.05, 0) is 43.4 Å². The molecule has 7 heteroatoms. The van der Waals surface area contributed by atoms with Crippen LogP contribution >= 0.6 is 0 Å². The van der Waals surface area contributed by atoms with Crippen molar-refractivity contribution in [3.63, 3.8) is 0 Å². The van der Waals surface area contributed by atoms with E-state index < -0.39 is 6.61 Å². The van der Waals surface area contributed by atoms with Crippen LogP contribution in [0, 0.1) is 5.92 Å². The van der Waals surface area contributed by atoms with Crippen LogP contribution < -0.4 is 10.1 Å². The molecule has 1 aromatic rings. The first kappa shape index (κ1) is 20.1. The van der Waals surface area contributed by atoms with Crippen molar-refractivity contribution in [3.05, 3.63) is 29.8 Å². The molecule has 0 atom stereocenters. The standard InChI is InChI=1S/C19H26F2N2O3/c1-2-3-17(24)23-12-9-15(10-13-23)18(25)22-11-8-14-4-6-16(7-5-14)26-19(20)21/h4-7,15,19H,2-3,8-13H2,1H3,(H,22,25). The summed E-state index contributed by atoms with van der Waals surface area (Å²) in [4.78, 5) is 26.0. The minimum Gasteiger partial charge on any atom is -0.435 e. The molecular weight excluding hydrogens is 342 g/mol. The predicted octanol–water partition coefficient (Wildman–Crippen LogP) is 2.99. The SMILES string of the molecule is CCCC(=O)N1CCC(C(=O)NCCc2ccc(OC(F)F)cc2)CC1. The summed E-state index contributed by atoms with van der Waals surface area (Å²) in [6.07, 6.45) is 3.42. The summed E-state index contributed by atoms with van der Waals surface area (Å²) in [7, 11) is 0. The summed E-state index contributed by atoms with van der Waals surface area (Å²) in [5, 5.41) is 2.92. The van der Waals surface area contributed by atoms with Crippen LogP contribution in [0.2, 0.25) is 0 Å². The lowest BCUT2D eigenvalue weighted by Gasteiger charge is -2.31. The van der Waals surface area contributed by atoms with E-state index in [0.29, 0.717) is 45.3 Å². The summed E-state index contributed by atoms with van der Waals surface area (Å²) < 4.78 is 28.5. The number of nitrogens with one attached hydrogen (secondary N) is 1. The summed E-state index contributed by atoms with van der Waals surface area (Å²) in [6.45, 7) is 0.926. The van der Waals surface area contributed by atoms with Crippen LogP contribution in [0.15, 0.2) is 24.3 Å². The van der Waals surface area contributed by atoms with Gasteiger partial charge in [0, 0.05) is 32.0 Å². The molecule has 1 fully saturated rings. The van der Waals surface area contributed by atoms with Crippen molar-refractivity contribution in [2.45, 2.75) is 45.6 Å². The Morgan fingerprint density at radius 1 is 1.23 bits per heavy atom. The van der Waals surface area contributed by atoms with Crippen LogP contribution in [0.4, 0.5) is 8.78 Å². The Hall–Kier alpha value is -2.18. The zero-order valence-electron chi connectivity index (χ0n) is 15.0. The minimum atomic E-state index is -2.83. The molecule has 1 N–H and O–H groups in total. The average Bonchev–Trinajstić information content (AvgIpc) is 2.63. The largest absolute Gasteiger partial charge is 0.435 e. The lowest BCUT2D eigenvalue weighted by Crippen LogP contribution is -2.43. The molecule has 26 heavy (non-hydrogen) atoms. The first-order valence-electron chi connectivity index (χ1n) is 9.08. The Bertz CT molecular complexity index is 585. The monoisotopic (exact) mass is 368 g/mol. The second kappa shape index (κ2) is 10.1. The summed E-state index contributed by atoms with van der Waals surface area (Å²) >= 11 is 0. The first-order chi connectivity index (χ1) is 12.5. The van der Waals surface area contributed by atoms with Gasteiger partial charge in [-0.3, -0.25) is 9.59 Å². The van der Waals surface area contributed by atoms with Gasteiger partial charge in [-0.15, -0.1) is 0 Å². The van der Waals surface area contributed by atoms with E-state index >= 15 is 0 Å². The Kier molecular flexibility index (Phi) is 7.81. The molecule has 1 aliphatic rings. The molecule has 1 saturated heterocycles. The molecule has 1 aromatic carbocycles. The predicted molar refractivity (Wildman–Crippen MR) is 94.0 cm³/mol. The van der Waals surface area contributed by atoms with Crippen LogP contribution in [0.3, 0.4) is 0 Å². The molecule has 144 valence electrons. The van der Waals surface area contributed by atoms with E-state index in [2.05, 4.69) is 10.1 Å². The van der Waals surface area contributed by atoms with E-state index in [-0.39, 0.29) is 23.5 Å². The molecule has 0 saturated carbocycles. The Morgan fingerprint density at radius 2 is 1.88 bits per heavy atom. The van der Waals surface area contributed by atoms with E-state index in [1.165, 1.54) is 12.1 Å². The summed E-state index contributed by atoms with van der Waals surface area (Å²) in [5.74, 6) is 0.260. The number of likely N-dealkylation sites (tertiary alicyclic amines) is 1. The maximum atomic E-state index is 12.2. The summed E-state index contributed by atoms with van der Waals surface area (Å²) in [6, 6.07) is 6.40. The normalized spacial score (nSPS) is 15.2. The van der Waals surface area contributed by atoms with Crippen LogP contribution in [0.5, 0.6) is 5.75 Å². The third-order valence-corrected chi connectivity index (χ3v) is 4.54. The number of ether oxygens (including phenoxy) is 1. The Balaban J connectivity index is 1.68. The number of hydrogen-bond acceptors (Lipinski definition) is 3. The number of alkyl halides is 2. The zero-order chi connectivity index (χ0) is 18.9. The number of amides is 2. The maximum Gasteiger partial charge on any atom is 0.387 e. The second-order valence-electron chi connectivity index (χ2n) is 6.47. The van der Waals surface area contributed by atoms with Crippen molar-refractivity contribution >= 4 is 11.8 Å². The first-order valence-corrected chi connectivity index (χ1v) is 9.08. The highest BCUT2D eigenvalue weighted by Crippen LogP contribution is 2.18. The van der Waals surface area contributed by atoms with E-state index in [1.807, 2.05) is 11.8 Å². The molecule has 1 aliphatic heterocycles. The molecule has 1 heterocycles. The van der Waals surface area contributed by atoms with Crippen molar-refractivity contribution in [1.82, 2.24) is 10.2 Å². The molecule has 2 rings (SSSR count). The van der Waals surface area contributed by atoms with Gasteiger partial charge in [-0.25, -0.2) is 0 Å². The highest BCUT2D eigenvalue weighted by atomic mass is 19.3. The smallest absolute Gasteiger partial charge is 0.387 e. The number of hydrogen-bond donors (Lipinski definition) is 1. The van der Waals surface area contributed by atoms with Crippen LogP contribution in [0.1, 0.15) is 38.2 Å².